The smallest absolute Gasteiger partial charge is 0.323 e. The number of nitrogens with zero attached hydrogens (tertiary/aromatic N) is 1. The summed E-state index contributed by atoms with van der Waals surface area (Å²) < 4.78 is 39.4. The first-order chi connectivity index (χ1) is 20.2. The van der Waals surface area contributed by atoms with Crippen LogP contribution in [0.2, 0.25) is 0 Å². The topological polar surface area (TPSA) is 115 Å². The monoisotopic (exact) mass is 577 g/mol. The van der Waals surface area contributed by atoms with Crippen LogP contribution in [0.5, 0.6) is 11.5 Å². The van der Waals surface area contributed by atoms with E-state index in [0.717, 1.165) is 11.6 Å². The van der Waals surface area contributed by atoms with Crippen LogP contribution in [0, 0.1) is 11.6 Å². The van der Waals surface area contributed by atoms with Crippen molar-refractivity contribution in [3.63, 3.8) is 0 Å². The van der Waals surface area contributed by atoms with Crippen LogP contribution < -0.4 is 9.47 Å². The first-order valence-electron chi connectivity index (χ1n) is 13.3. The second-order valence-corrected chi connectivity index (χ2v) is 9.48. The molecule has 0 saturated heterocycles. The number of ketones is 1. The minimum absolute atomic E-state index is 0.115. The molecule has 0 spiro atoms. The van der Waals surface area contributed by atoms with Crippen molar-refractivity contribution >= 4 is 40.8 Å². The molecule has 10 heteroatoms. The molecule has 42 heavy (non-hydrogen) atoms. The number of Topliss-reactive ketones (excluding diaryl/α,β-unsaturated/α-hetero) is 1. The van der Waals surface area contributed by atoms with Crippen molar-refractivity contribution in [2.45, 2.75) is 32.2 Å². The summed E-state index contributed by atoms with van der Waals surface area (Å²) in [7, 11) is 0. The van der Waals surface area contributed by atoms with E-state index in [9.17, 15) is 28.3 Å². The molecular formula is C32H29F2NO7. The maximum absolute atomic E-state index is 13.6. The zero-order valence-corrected chi connectivity index (χ0v) is 22.6. The Bertz CT molecular complexity index is 1610. The first kappa shape index (κ1) is 30.0. The molecule has 0 radical (unpaired) electrons. The standard InChI is InChI=1S/C32H29F2NO7/c33-26-7-4-8-28(31(26)34)42-18-2-1-17-41-23-13-10-21(11-14-23)9-12-22-5-3-6-24-25(27(36)15-16-29(37)38)19-35(32(22)24)20-30(39)40/h3-14,19H,1-2,15-18,20H2,(H,37,38)(H,39,40). The van der Waals surface area contributed by atoms with Crippen molar-refractivity contribution in [1.82, 2.24) is 4.57 Å². The number of aromatic nitrogens is 1. The molecule has 0 aliphatic heterocycles. The molecule has 1 aromatic heterocycles. The number of carbonyl (C=O) groups excluding carboxylic acids is 1. The minimum atomic E-state index is -1.08. The van der Waals surface area contributed by atoms with Gasteiger partial charge in [0, 0.05) is 23.6 Å². The van der Waals surface area contributed by atoms with Crippen molar-refractivity contribution in [3.8, 4) is 11.5 Å². The van der Waals surface area contributed by atoms with Crippen LogP contribution in [0.3, 0.4) is 0 Å². The molecule has 0 aliphatic carbocycles. The van der Waals surface area contributed by atoms with Gasteiger partial charge in [0.25, 0.3) is 0 Å². The third-order valence-electron chi connectivity index (χ3n) is 6.42. The number of hydrogen-bond donors (Lipinski definition) is 2. The second kappa shape index (κ2) is 14.1. The predicted octanol–water partition coefficient (Wildman–Crippen LogP) is 6.46. The maximum Gasteiger partial charge on any atom is 0.323 e. The zero-order chi connectivity index (χ0) is 30.1. The predicted molar refractivity (Wildman–Crippen MR) is 153 cm³/mol. The highest BCUT2D eigenvalue weighted by atomic mass is 19.2. The fourth-order valence-corrected chi connectivity index (χ4v) is 4.40. The maximum atomic E-state index is 13.6. The highest BCUT2D eigenvalue weighted by Crippen LogP contribution is 2.28. The molecule has 0 saturated carbocycles. The summed E-state index contributed by atoms with van der Waals surface area (Å²) in [4.78, 5) is 35.1. The second-order valence-electron chi connectivity index (χ2n) is 9.48. The first-order valence-corrected chi connectivity index (χ1v) is 13.3. The number of halogens is 2. The van der Waals surface area contributed by atoms with E-state index in [1.54, 1.807) is 12.1 Å². The number of aliphatic carboxylic acids is 2. The van der Waals surface area contributed by atoms with Crippen molar-refractivity contribution in [2.75, 3.05) is 13.2 Å². The Morgan fingerprint density at radius 2 is 1.52 bits per heavy atom. The number of benzene rings is 3. The van der Waals surface area contributed by atoms with Gasteiger partial charge in [-0.25, -0.2) is 4.39 Å². The molecule has 4 aromatic rings. The van der Waals surface area contributed by atoms with E-state index < -0.39 is 23.6 Å². The van der Waals surface area contributed by atoms with Gasteiger partial charge in [-0.05, 0) is 48.2 Å². The molecule has 0 aliphatic rings. The van der Waals surface area contributed by atoms with Gasteiger partial charge in [0.05, 0.1) is 25.2 Å². The fourth-order valence-electron chi connectivity index (χ4n) is 4.40. The van der Waals surface area contributed by atoms with Gasteiger partial charge >= 0.3 is 11.9 Å². The Morgan fingerprint density at radius 1 is 0.810 bits per heavy atom. The van der Waals surface area contributed by atoms with E-state index in [-0.39, 0.29) is 43.1 Å². The minimum Gasteiger partial charge on any atom is -0.494 e. The van der Waals surface area contributed by atoms with Gasteiger partial charge in [-0.15, -0.1) is 0 Å². The molecule has 4 rings (SSSR count). The van der Waals surface area contributed by atoms with Gasteiger partial charge in [0.2, 0.25) is 5.82 Å². The Morgan fingerprint density at radius 3 is 2.24 bits per heavy atom. The van der Waals surface area contributed by atoms with Crippen LogP contribution in [0.25, 0.3) is 23.1 Å². The normalized spacial score (nSPS) is 11.2. The average Bonchev–Trinajstić information content (AvgIpc) is 3.33. The summed E-state index contributed by atoms with van der Waals surface area (Å²) in [5, 5.41) is 18.9. The molecule has 0 unspecified atom stereocenters. The van der Waals surface area contributed by atoms with Gasteiger partial charge in [-0.3, -0.25) is 14.4 Å². The molecular weight excluding hydrogens is 548 g/mol. The Kier molecular flexibility index (Phi) is 10.0. The van der Waals surface area contributed by atoms with Crippen molar-refractivity contribution in [2.24, 2.45) is 0 Å². The highest BCUT2D eigenvalue weighted by Gasteiger charge is 2.18. The van der Waals surface area contributed by atoms with Crippen LogP contribution >= 0.6 is 0 Å². The van der Waals surface area contributed by atoms with Gasteiger partial charge < -0.3 is 24.3 Å². The summed E-state index contributed by atoms with van der Waals surface area (Å²) in [6.07, 6.45) is 5.90. The summed E-state index contributed by atoms with van der Waals surface area (Å²) in [5.41, 5.74) is 2.42. The lowest BCUT2D eigenvalue weighted by molar-refractivity contribution is -0.138. The van der Waals surface area contributed by atoms with Gasteiger partial charge in [-0.2, -0.15) is 4.39 Å². The molecule has 8 nitrogen and oxygen atoms in total. The summed E-state index contributed by atoms with van der Waals surface area (Å²) in [5.74, 6) is -3.92. The molecule has 0 bridgehead atoms. The number of carbonyl (C=O) groups is 3. The molecule has 0 fully saturated rings. The lowest BCUT2D eigenvalue weighted by Gasteiger charge is -2.09. The average molecular weight is 578 g/mol. The van der Waals surface area contributed by atoms with Crippen LogP contribution in [0.4, 0.5) is 8.78 Å². The molecule has 0 amide bonds. The van der Waals surface area contributed by atoms with Crippen molar-refractivity contribution < 1.29 is 42.9 Å². The van der Waals surface area contributed by atoms with E-state index in [4.69, 9.17) is 14.6 Å². The van der Waals surface area contributed by atoms with E-state index in [0.29, 0.717) is 41.7 Å². The highest BCUT2D eigenvalue weighted by molar-refractivity contribution is 6.10. The molecule has 0 atom stereocenters. The van der Waals surface area contributed by atoms with Gasteiger partial charge in [0.15, 0.2) is 17.3 Å². The lowest BCUT2D eigenvalue weighted by Crippen LogP contribution is -2.08. The van der Waals surface area contributed by atoms with E-state index >= 15 is 0 Å². The van der Waals surface area contributed by atoms with Crippen LogP contribution in [0.15, 0.2) is 66.9 Å². The number of hydrogen-bond acceptors (Lipinski definition) is 5. The number of para-hydroxylation sites is 1. The van der Waals surface area contributed by atoms with Crippen LogP contribution in [-0.4, -0.2) is 45.7 Å². The molecule has 3 aromatic carbocycles. The van der Waals surface area contributed by atoms with E-state index in [2.05, 4.69) is 0 Å². The number of fused-ring (bicyclic) bond motifs is 1. The number of rotatable bonds is 15. The number of carboxylic acids is 2. The summed E-state index contributed by atoms with van der Waals surface area (Å²) >= 11 is 0. The number of carboxylic acid groups (broad SMARTS) is 2. The number of ether oxygens (including phenoxy) is 2. The Hall–Kier alpha value is -4.99. The SMILES string of the molecule is O=C(O)CCC(=O)c1cn(CC(=O)O)c2c(C=Cc3ccc(OCCCCOc4cccc(F)c4F)cc3)cccc12. The van der Waals surface area contributed by atoms with Crippen molar-refractivity contribution in [1.29, 1.82) is 0 Å². The summed E-state index contributed by atoms with van der Waals surface area (Å²) in [6.45, 7) is 0.293. The van der Waals surface area contributed by atoms with E-state index in [1.165, 1.54) is 22.9 Å². The quantitative estimate of drug-likeness (QED) is 0.0947. The largest absolute Gasteiger partial charge is 0.494 e. The molecule has 2 N–H and O–H groups in total. The zero-order valence-electron chi connectivity index (χ0n) is 22.6. The lowest BCUT2D eigenvalue weighted by atomic mass is 10.0. The van der Waals surface area contributed by atoms with Crippen LogP contribution in [0.1, 0.15) is 47.2 Å². The Labute approximate surface area is 240 Å². The fraction of sp³-hybridized carbons (Fsp3) is 0.219. The third-order valence-corrected chi connectivity index (χ3v) is 6.42. The third kappa shape index (κ3) is 7.81. The molecule has 218 valence electrons. The summed E-state index contributed by atoms with van der Waals surface area (Å²) in [6, 6.07) is 16.4. The van der Waals surface area contributed by atoms with Gasteiger partial charge in [0.1, 0.15) is 12.3 Å². The van der Waals surface area contributed by atoms with E-state index in [1.807, 2.05) is 42.5 Å². The Balaban J connectivity index is 1.37. The van der Waals surface area contributed by atoms with Crippen molar-refractivity contribution in [3.05, 3.63) is 95.2 Å². The van der Waals surface area contributed by atoms with Crippen LogP contribution in [-0.2, 0) is 16.1 Å². The number of unbranched alkanes of at least 4 members (excludes halogenated alkanes) is 1. The molecule has 1 heterocycles. The van der Waals surface area contributed by atoms with Gasteiger partial charge in [-0.1, -0.05) is 48.6 Å².